The maximum atomic E-state index is 13.4. The summed E-state index contributed by atoms with van der Waals surface area (Å²) in [5.74, 6) is 0.244. The summed E-state index contributed by atoms with van der Waals surface area (Å²) in [5, 5.41) is 27.8. The molecule has 2 fully saturated rings. The minimum Gasteiger partial charge on any atom is -0.369 e. The Balaban J connectivity index is 1.32. The second-order valence-electron chi connectivity index (χ2n) is 9.19. The molecule has 9 heteroatoms. The van der Waals surface area contributed by atoms with Crippen LogP contribution in [0.1, 0.15) is 40.6 Å². The standard InChI is InChI=1S/C26H22FN7S/c1-15-8-20(33-13-16(10-28)14-33)9-22-21(24(17-2-3-17)32-34(15)22)12-30-26-31-25(23(11-29)35-26)18-4-6-19(27)7-5-18/h4-9,16-17H,2-3,12-14H2,1H3,(H,30,31). The molecule has 1 aliphatic heterocycles. The van der Waals surface area contributed by atoms with Crippen LogP contribution in [0, 0.1) is 41.3 Å². The van der Waals surface area contributed by atoms with Crippen LogP contribution in [0.5, 0.6) is 0 Å². The van der Waals surface area contributed by atoms with Crippen molar-refractivity contribution in [3.05, 3.63) is 64.0 Å². The normalized spacial score (nSPS) is 15.6. The Hall–Kier alpha value is -3.95. The number of nitrogens with one attached hydrogen (secondary N) is 1. The second-order valence-corrected chi connectivity index (χ2v) is 10.2. The van der Waals surface area contributed by atoms with Crippen LogP contribution in [0.2, 0.25) is 0 Å². The molecule has 4 aromatic rings. The number of hydrogen-bond acceptors (Lipinski definition) is 7. The van der Waals surface area contributed by atoms with E-state index in [2.05, 4.69) is 46.4 Å². The highest BCUT2D eigenvalue weighted by molar-refractivity contribution is 7.16. The quantitative estimate of drug-likeness (QED) is 0.404. The fourth-order valence-electron chi connectivity index (χ4n) is 4.61. The third kappa shape index (κ3) is 3.88. The molecule has 0 spiro atoms. The molecule has 7 nitrogen and oxygen atoms in total. The Labute approximate surface area is 206 Å². The van der Waals surface area contributed by atoms with E-state index >= 15 is 0 Å². The highest BCUT2D eigenvalue weighted by atomic mass is 32.1. The Bertz CT molecular complexity index is 1510. The molecule has 0 unspecified atom stereocenters. The van der Waals surface area contributed by atoms with Gasteiger partial charge < -0.3 is 10.2 Å². The molecular formula is C26H22FN7S. The zero-order chi connectivity index (χ0) is 24.1. The maximum absolute atomic E-state index is 13.4. The lowest BCUT2D eigenvalue weighted by Gasteiger charge is -2.37. The molecule has 0 radical (unpaired) electrons. The number of aromatic nitrogens is 3. The van der Waals surface area contributed by atoms with Gasteiger partial charge in [-0.15, -0.1) is 0 Å². The minimum atomic E-state index is -0.322. The van der Waals surface area contributed by atoms with Crippen molar-refractivity contribution < 1.29 is 4.39 Å². The number of thiazole rings is 1. The monoisotopic (exact) mass is 483 g/mol. The van der Waals surface area contributed by atoms with Gasteiger partial charge in [0.25, 0.3) is 0 Å². The van der Waals surface area contributed by atoms with Gasteiger partial charge in [0.2, 0.25) is 0 Å². The van der Waals surface area contributed by atoms with Crippen molar-refractivity contribution >= 4 is 27.7 Å². The van der Waals surface area contributed by atoms with Crippen molar-refractivity contribution in [1.29, 1.82) is 10.5 Å². The number of aryl methyl sites for hydroxylation is 1. The van der Waals surface area contributed by atoms with Crippen molar-refractivity contribution in [3.63, 3.8) is 0 Å². The molecule has 6 rings (SSSR count). The van der Waals surface area contributed by atoms with Gasteiger partial charge in [-0.3, -0.25) is 0 Å². The molecule has 174 valence electrons. The van der Waals surface area contributed by atoms with Crippen LogP contribution in [0.15, 0.2) is 36.4 Å². The van der Waals surface area contributed by atoms with Crippen LogP contribution in [0.4, 0.5) is 15.2 Å². The summed E-state index contributed by atoms with van der Waals surface area (Å²) in [7, 11) is 0. The summed E-state index contributed by atoms with van der Waals surface area (Å²) in [6.45, 7) is 4.12. The minimum absolute atomic E-state index is 0.0918. The molecule has 1 saturated heterocycles. The van der Waals surface area contributed by atoms with E-state index in [1.807, 2.05) is 4.52 Å². The average molecular weight is 484 g/mol. The summed E-state index contributed by atoms with van der Waals surface area (Å²) in [4.78, 5) is 7.37. The predicted octanol–water partition coefficient (Wildman–Crippen LogP) is 5.23. The van der Waals surface area contributed by atoms with Crippen LogP contribution in [0.25, 0.3) is 16.8 Å². The number of halogens is 1. The number of benzene rings is 1. The van der Waals surface area contributed by atoms with Crippen molar-refractivity contribution in [2.24, 2.45) is 5.92 Å². The molecule has 1 aromatic carbocycles. The van der Waals surface area contributed by atoms with Crippen molar-refractivity contribution in [3.8, 4) is 23.4 Å². The van der Waals surface area contributed by atoms with E-state index in [-0.39, 0.29) is 11.7 Å². The van der Waals surface area contributed by atoms with E-state index in [0.717, 1.165) is 54.1 Å². The summed E-state index contributed by atoms with van der Waals surface area (Å²) in [5.41, 5.74) is 6.78. The van der Waals surface area contributed by atoms with Gasteiger partial charge >= 0.3 is 0 Å². The molecule has 2 aliphatic rings. The molecule has 0 bridgehead atoms. The predicted molar refractivity (Wildman–Crippen MR) is 133 cm³/mol. The molecule has 1 aliphatic carbocycles. The molecule has 4 heterocycles. The van der Waals surface area contributed by atoms with E-state index < -0.39 is 0 Å². The first-order valence-electron chi connectivity index (χ1n) is 11.6. The first kappa shape index (κ1) is 21.6. The first-order valence-corrected chi connectivity index (χ1v) is 12.4. The number of hydrogen-bond donors (Lipinski definition) is 1. The van der Waals surface area contributed by atoms with Gasteiger partial charge in [-0.1, -0.05) is 11.3 Å². The van der Waals surface area contributed by atoms with Gasteiger partial charge in [0.05, 0.1) is 23.2 Å². The van der Waals surface area contributed by atoms with E-state index in [1.165, 1.54) is 23.5 Å². The lowest BCUT2D eigenvalue weighted by molar-refractivity contribution is 0.504. The first-order chi connectivity index (χ1) is 17.0. The van der Waals surface area contributed by atoms with Crippen LogP contribution in [-0.2, 0) is 6.54 Å². The number of fused-ring (bicyclic) bond motifs is 1. The third-order valence-corrected chi connectivity index (χ3v) is 7.60. The highest BCUT2D eigenvalue weighted by Crippen LogP contribution is 2.43. The van der Waals surface area contributed by atoms with Gasteiger partial charge in [0, 0.05) is 48.1 Å². The van der Waals surface area contributed by atoms with Gasteiger partial charge in [-0.2, -0.15) is 15.6 Å². The number of pyridine rings is 1. The van der Waals surface area contributed by atoms with E-state index in [4.69, 9.17) is 10.4 Å². The largest absolute Gasteiger partial charge is 0.369 e. The molecule has 3 aromatic heterocycles. The maximum Gasteiger partial charge on any atom is 0.184 e. The zero-order valence-electron chi connectivity index (χ0n) is 19.1. The number of nitriles is 2. The van der Waals surface area contributed by atoms with E-state index in [1.54, 1.807) is 12.1 Å². The van der Waals surface area contributed by atoms with Gasteiger partial charge in [0.1, 0.15) is 22.5 Å². The SMILES string of the molecule is Cc1cc(N2CC(C#N)C2)cc2c(CNc3nc(-c4ccc(F)cc4)c(C#N)s3)c(C3CC3)nn12. The summed E-state index contributed by atoms with van der Waals surface area (Å²) >= 11 is 1.30. The van der Waals surface area contributed by atoms with Crippen molar-refractivity contribution in [2.45, 2.75) is 32.2 Å². The Morgan fingerprint density at radius 1 is 1.17 bits per heavy atom. The van der Waals surface area contributed by atoms with Crippen LogP contribution >= 0.6 is 11.3 Å². The fourth-order valence-corrected chi connectivity index (χ4v) is 5.39. The zero-order valence-corrected chi connectivity index (χ0v) is 19.9. The van der Waals surface area contributed by atoms with Crippen molar-refractivity contribution in [2.75, 3.05) is 23.3 Å². The topological polar surface area (TPSA) is 93.0 Å². The molecular weight excluding hydrogens is 461 g/mol. The third-order valence-electron chi connectivity index (χ3n) is 6.69. The number of rotatable bonds is 6. The molecule has 1 saturated carbocycles. The fraction of sp³-hybridized carbons (Fsp3) is 0.308. The molecule has 1 N–H and O–H groups in total. The van der Waals surface area contributed by atoms with Crippen LogP contribution in [-0.4, -0.2) is 27.7 Å². The van der Waals surface area contributed by atoms with E-state index in [9.17, 15) is 9.65 Å². The number of anilines is 2. The van der Waals surface area contributed by atoms with Gasteiger partial charge in [-0.05, 0) is 56.2 Å². The molecule has 0 amide bonds. The number of nitrogens with zero attached hydrogens (tertiary/aromatic N) is 6. The lowest BCUT2D eigenvalue weighted by atomic mass is 10.0. The average Bonchev–Trinajstić information content (AvgIpc) is 3.48. The van der Waals surface area contributed by atoms with Crippen molar-refractivity contribution in [1.82, 2.24) is 14.6 Å². The molecule has 0 atom stereocenters. The smallest absolute Gasteiger partial charge is 0.184 e. The second kappa shape index (κ2) is 8.37. The van der Waals surface area contributed by atoms with E-state index in [0.29, 0.717) is 33.7 Å². The Morgan fingerprint density at radius 3 is 2.63 bits per heavy atom. The highest BCUT2D eigenvalue weighted by Gasteiger charge is 2.32. The Morgan fingerprint density at radius 2 is 1.94 bits per heavy atom. The van der Waals surface area contributed by atoms with Crippen LogP contribution < -0.4 is 10.2 Å². The van der Waals surface area contributed by atoms with Crippen LogP contribution in [0.3, 0.4) is 0 Å². The summed E-state index contributed by atoms with van der Waals surface area (Å²) in [6, 6.07) is 14.9. The lowest BCUT2D eigenvalue weighted by Crippen LogP contribution is -2.46. The summed E-state index contributed by atoms with van der Waals surface area (Å²) in [6.07, 6.45) is 2.28. The van der Waals surface area contributed by atoms with Gasteiger partial charge in [-0.25, -0.2) is 13.9 Å². The van der Waals surface area contributed by atoms with Gasteiger partial charge in [0.15, 0.2) is 5.13 Å². The molecule has 35 heavy (non-hydrogen) atoms. The summed E-state index contributed by atoms with van der Waals surface area (Å²) < 4.78 is 15.4. The Kier molecular flexibility index (Phi) is 5.16.